The lowest BCUT2D eigenvalue weighted by Gasteiger charge is -2.24. The number of rotatable bonds is 8. The van der Waals surface area contributed by atoms with Crippen molar-refractivity contribution in [3.8, 4) is 0 Å². The lowest BCUT2D eigenvalue weighted by molar-refractivity contribution is 0.354. The zero-order valence-corrected chi connectivity index (χ0v) is 12.4. The van der Waals surface area contributed by atoms with Crippen molar-refractivity contribution < 1.29 is 0 Å². The summed E-state index contributed by atoms with van der Waals surface area (Å²) in [5.41, 5.74) is 0.290. The molecule has 0 fully saturated rings. The van der Waals surface area contributed by atoms with Gasteiger partial charge in [0, 0.05) is 24.9 Å². The molecule has 102 valence electrons. The van der Waals surface area contributed by atoms with Crippen LogP contribution < -0.4 is 10.6 Å². The van der Waals surface area contributed by atoms with Crippen LogP contribution in [0.1, 0.15) is 33.6 Å². The zero-order valence-electron chi connectivity index (χ0n) is 11.5. The molecule has 4 nitrogen and oxygen atoms in total. The molecule has 0 saturated carbocycles. The molecule has 0 bridgehead atoms. The minimum Gasteiger partial charge on any atom is -0.369 e. The van der Waals surface area contributed by atoms with Gasteiger partial charge in [-0.15, -0.1) is 0 Å². The minimum atomic E-state index is 0.290. The normalized spacial score (nSPS) is 11.3. The molecule has 1 aromatic heterocycles. The molecule has 1 heterocycles. The molecule has 18 heavy (non-hydrogen) atoms. The van der Waals surface area contributed by atoms with Gasteiger partial charge in [0.1, 0.15) is 18.0 Å². The summed E-state index contributed by atoms with van der Waals surface area (Å²) in [5.74, 6) is 2.50. The summed E-state index contributed by atoms with van der Waals surface area (Å²) in [7, 11) is 0. The lowest BCUT2D eigenvalue weighted by Crippen LogP contribution is -2.23. The highest BCUT2D eigenvalue weighted by molar-refractivity contribution is 7.80. The Morgan fingerprint density at radius 2 is 1.89 bits per heavy atom. The summed E-state index contributed by atoms with van der Waals surface area (Å²) in [5, 5.41) is 6.57. The van der Waals surface area contributed by atoms with Crippen molar-refractivity contribution >= 4 is 24.3 Å². The fraction of sp³-hybridized carbons (Fsp3) is 0.692. The topological polar surface area (TPSA) is 49.8 Å². The molecule has 0 aliphatic heterocycles. The maximum atomic E-state index is 4.23. The third-order valence-electron chi connectivity index (χ3n) is 2.76. The fourth-order valence-corrected chi connectivity index (χ4v) is 1.94. The summed E-state index contributed by atoms with van der Waals surface area (Å²) in [6, 6.07) is 1.94. The Kier molecular flexibility index (Phi) is 6.25. The minimum absolute atomic E-state index is 0.290. The zero-order chi connectivity index (χ0) is 13.4. The number of hydrogen-bond acceptors (Lipinski definition) is 5. The molecule has 2 N–H and O–H groups in total. The molecule has 0 saturated heterocycles. The molecule has 0 aliphatic rings. The average molecular weight is 268 g/mol. The van der Waals surface area contributed by atoms with Gasteiger partial charge in [-0.2, -0.15) is 12.6 Å². The SMILES string of the molecule is CCCC(C)(C)CNc1cc(NCCS)ncn1. The second kappa shape index (κ2) is 7.46. The molecule has 0 amide bonds. The van der Waals surface area contributed by atoms with E-state index in [9.17, 15) is 0 Å². The van der Waals surface area contributed by atoms with Gasteiger partial charge in [-0.05, 0) is 11.8 Å². The Balaban J connectivity index is 2.51. The van der Waals surface area contributed by atoms with Crippen LogP contribution in [-0.2, 0) is 0 Å². The van der Waals surface area contributed by atoms with E-state index in [1.807, 2.05) is 6.07 Å². The molecule has 0 unspecified atom stereocenters. The van der Waals surface area contributed by atoms with Crippen molar-refractivity contribution in [1.82, 2.24) is 9.97 Å². The van der Waals surface area contributed by atoms with E-state index in [1.54, 1.807) is 6.33 Å². The van der Waals surface area contributed by atoms with Crippen molar-refractivity contribution in [1.29, 1.82) is 0 Å². The first-order valence-electron chi connectivity index (χ1n) is 6.48. The van der Waals surface area contributed by atoms with Crippen molar-refractivity contribution in [2.75, 3.05) is 29.5 Å². The van der Waals surface area contributed by atoms with Crippen molar-refractivity contribution in [3.05, 3.63) is 12.4 Å². The second-order valence-electron chi connectivity index (χ2n) is 5.21. The molecule has 1 aromatic rings. The maximum Gasteiger partial charge on any atom is 0.131 e. The Morgan fingerprint density at radius 1 is 1.22 bits per heavy atom. The largest absolute Gasteiger partial charge is 0.369 e. The van der Waals surface area contributed by atoms with Gasteiger partial charge < -0.3 is 10.6 Å². The monoisotopic (exact) mass is 268 g/mol. The Labute approximate surface area is 115 Å². The first kappa shape index (κ1) is 15.1. The van der Waals surface area contributed by atoms with Crippen LogP contribution >= 0.6 is 12.6 Å². The third-order valence-corrected chi connectivity index (χ3v) is 2.98. The smallest absolute Gasteiger partial charge is 0.131 e. The molecule has 0 atom stereocenters. The summed E-state index contributed by atoms with van der Waals surface area (Å²) in [4.78, 5) is 8.39. The van der Waals surface area contributed by atoms with Gasteiger partial charge >= 0.3 is 0 Å². The highest BCUT2D eigenvalue weighted by Gasteiger charge is 2.16. The van der Waals surface area contributed by atoms with Crippen LogP contribution in [0.4, 0.5) is 11.6 Å². The van der Waals surface area contributed by atoms with Crippen LogP contribution in [0.3, 0.4) is 0 Å². The third kappa shape index (κ3) is 5.58. The maximum absolute atomic E-state index is 4.23. The lowest BCUT2D eigenvalue weighted by atomic mass is 9.88. The number of nitrogens with one attached hydrogen (secondary N) is 2. The molecule has 5 heteroatoms. The second-order valence-corrected chi connectivity index (χ2v) is 5.65. The van der Waals surface area contributed by atoms with Gasteiger partial charge in [0.2, 0.25) is 0 Å². The highest BCUT2D eigenvalue weighted by Crippen LogP contribution is 2.22. The Bertz CT molecular complexity index is 355. The summed E-state index contributed by atoms with van der Waals surface area (Å²) in [6.45, 7) is 8.48. The van der Waals surface area contributed by atoms with Crippen molar-refractivity contribution in [2.45, 2.75) is 33.6 Å². The highest BCUT2D eigenvalue weighted by atomic mass is 32.1. The van der Waals surface area contributed by atoms with E-state index in [0.717, 1.165) is 30.5 Å². The van der Waals surface area contributed by atoms with E-state index in [0.29, 0.717) is 5.41 Å². The van der Waals surface area contributed by atoms with Crippen molar-refractivity contribution in [3.63, 3.8) is 0 Å². The molecule has 1 rings (SSSR count). The quantitative estimate of drug-likeness (QED) is 0.634. The first-order chi connectivity index (χ1) is 8.57. The van der Waals surface area contributed by atoms with Crippen LogP contribution in [0.5, 0.6) is 0 Å². The van der Waals surface area contributed by atoms with Crippen LogP contribution in [0.15, 0.2) is 12.4 Å². The molecule has 0 aliphatic carbocycles. The number of thiol groups is 1. The van der Waals surface area contributed by atoms with Gasteiger partial charge in [0.05, 0.1) is 0 Å². The number of anilines is 2. The van der Waals surface area contributed by atoms with Gasteiger partial charge in [0.15, 0.2) is 0 Å². The van der Waals surface area contributed by atoms with E-state index < -0.39 is 0 Å². The predicted molar refractivity (Wildman–Crippen MR) is 81.6 cm³/mol. The van der Waals surface area contributed by atoms with Crippen LogP contribution in [-0.4, -0.2) is 28.8 Å². The van der Waals surface area contributed by atoms with Gasteiger partial charge in [-0.25, -0.2) is 9.97 Å². The van der Waals surface area contributed by atoms with Gasteiger partial charge in [-0.1, -0.05) is 27.2 Å². The number of nitrogens with zero attached hydrogens (tertiary/aromatic N) is 2. The number of hydrogen-bond donors (Lipinski definition) is 3. The Morgan fingerprint density at radius 3 is 2.50 bits per heavy atom. The van der Waals surface area contributed by atoms with E-state index in [2.05, 4.69) is 54.0 Å². The first-order valence-corrected chi connectivity index (χ1v) is 7.11. The molecular weight excluding hydrogens is 244 g/mol. The number of aromatic nitrogens is 2. The van der Waals surface area contributed by atoms with Crippen LogP contribution in [0.2, 0.25) is 0 Å². The fourth-order valence-electron chi connectivity index (χ4n) is 1.83. The summed E-state index contributed by atoms with van der Waals surface area (Å²) < 4.78 is 0. The van der Waals surface area contributed by atoms with E-state index >= 15 is 0 Å². The standard InChI is InChI=1S/C13H24N4S/c1-4-5-13(2,3)9-15-12-8-11(14-6-7-18)16-10-17-12/h8,10,18H,4-7,9H2,1-3H3,(H2,14,15,16,17). The molecule has 0 spiro atoms. The summed E-state index contributed by atoms with van der Waals surface area (Å²) in [6.07, 6.45) is 3.99. The molecule has 0 aromatic carbocycles. The van der Waals surface area contributed by atoms with Crippen LogP contribution in [0, 0.1) is 5.41 Å². The van der Waals surface area contributed by atoms with Crippen LogP contribution in [0.25, 0.3) is 0 Å². The Hall–Kier alpha value is -0.970. The summed E-state index contributed by atoms with van der Waals surface area (Å²) >= 11 is 4.16. The van der Waals surface area contributed by atoms with Gasteiger partial charge in [0.25, 0.3) is 0 Å². The predicted octanol–water partition coefficient (Wildman–Crippen LogP) is 3.06. The average Bonchev–Trinajstić information content (AvgIpc) is 2.35. The van der Waals surface area contributed by atoms with E-state index in [4.69, 9.17) is 0 Å². The van der Waals surface area contributed by atoms with E-state index in [1.165, 1.54) is 12.8 Å². The van der Waals surface area contributed by atoms with Crippen molar-refractivity contribution in [2.24, 2.45) is 5.41 Å². The van der Waals surface area contributed by atoms with E-state index in [-0.39, 0.29) is 0 Å². The van der Waals surface area contributed by atoms with Gasteiger partial charge in [-0.3, -0.25) is 0 Å². The molecule has 0 radical (unpaired) electrons. The molecular formula is C13H24N4S.